The molecule has 4 aromatic rings. The van der Waals surface area contributed by atoms with Gasteiger partial charge in [-0.3, -0.25) is 4.79 Å². The Hall–Kier alpha value is -3.92. The van der Waals surface area contributed by atoms with Gasteiger partial charge in [-0.1, -0.05) is 11.8 Å². The number of carbonyl (C=O) groups excluding carboxylic acids is 1. The van der Waals surface area contributed by atoms with Crippen molar-refractivity contribution in [2.75, 3.05) is 39.0 Å². The first-order valence-corrected chi connectivity index (χ1v) is 11.8. The van der Waals surface area contributed by atoms with Gasteiger partial charge in [-0.25, -0.2) is 9.50 Å². The van der Waals surface area contributed by atoms with Crippen LogP contribution in [0.15, 0.2) is 59.9 Å². The molecule has 0 aliphatic heterocycles. The van der Waals surface area contributed by atoms with Crippen molar-refractivity contribution in [1.29, 1.82) is 0 Å². The lowest BCUT2D eigenvalue weighted by Crippen LogP contribution is -2.14. The number of methoxy groups -OCH3 is 3. The van der Waals surface area contributed by atoms with Crippen LogP contribution >= 0.6 is 11.8 Å². The maximum atomic E-state index is 12.7. The van der Waals surface area contributed by atoms with Crippen LogP contribution in [0.2, 0.25) is 0 Å². The molecule has 9 nitrogen and oxygen atoms in total. The van der Waals surface area contributed by atoms with Crippen molar-refractivity contribution in [2.45, 2.75) is 11.9 Å². The second kappa shape index (κ2) is 11.0. The van der Waals surface area contributed by atoms with E-state index in [1.807, 2.05) is 37.3 Å². The SMILES string of the molecule is CCOc1ccc(-c2cc3c(SCC(=O)Nc4cc(OC)c(OC)c(OC)c4)nccn3n2)cc1. The molecule has 0 saturated carbocycles. The Bertz CT molecular complexity index is 1300. The van der Waals surface area contributed by atoms with Gasteiger partial charge in [0.2, 0.25) is 11.7 Å². The van der Waals surface area contributed by atoms with E-state index in [0.29, 0.717) is 34.6 Å². The lowest BCUT2D eigenvalue weighted by atomic mass is 10.1. The van der Waals surface area contributed by atoms with E-state index in [1.165, 1.54) is 33.1 Å². The van der Waals surface area contributed by atoms with Crippen LogP contribution in [0.3, 0.4) is 0 Å². The van der Waals surface area contributed by atoms with Gasteiger partial charge in [0, 0.05) is 35.8 Å². The summed E-state index contributed by atoms with van der Waals surface area (Å²) in [6.45, 7) is 2.57. The maximum Gasteiger partial charge on any atom is 0.234 e. The number of ether oxygens (including phenoxy) is 4. The molecule has 0 fully saturated rings. The Balaban J connectivity index is 1.48. The molecule has 2 aromatic heterocycles. The van der Waals surface area contributed by atoms with Gasteiger partial charge in [-0.15, -0.1) is 0 Å². The number of fused-ring (bicyclic) bond motifs is 1. The molecule has 0 unspecified atom stereocenters. The third kappa shape index (κ3) is 5.43. The number of rotatable bonds is 10. The van der Waals surface area contributed by atoms with Gasteiger partial charge in [-0.05, 0) is 37.3 Å². The summed E-state index contributed by atoms with van der Waals surface area (Å²) < 4.78 is 23.3. The average Bonchev–Trinajstić information content (AvgIpc) is 3.32. The monoisotopic (exact) mass is 494 g/mol. The molecule has 4 rings (SSSR count). The van der Waals surface area contributed by atoms with Crippen LogP contribution in [0, 0.1) is 0 Å². The molecular weight excluding hydrogens is 468 g/mol. The molecule has 0 radical (unpaired) electrons. The quantitative estimate of drug-likeness (QED) is 0.321. The van der Waals surface area contributed by atoms with Crippen molar-refractivity contribution >= 4 is 28.9 Å². The van der Waals surface area contributed by atoms with Crippen molar-refractivity contribution in [2.24, 2.45) is 0 Å². The van der Waals surface area contributed by atoms with Crippen molar-refractivity contribution in [3.8, 4) is 34.3 Å². The molecule has 2 aromatic carbocycles. The fourth-order valence-electron chi connectivity index (χ4n) is 3.52. The number of benzene rings is 2. The summed E-state index contributed by atoms with van der Waals surface area (Å²) in [7, 11) is 4.58. The van der Waals surface area contributed by atoms with Crippen LogP contribution in [-0.2, 0) is 4.79 Å². The number of anilines is 1. The van der Waals surface area contributed by atoms with Gasteiger partial charge in [0.1, 0.15) is 10.8 Å². The fraction of sp³-hybridized carbons (Fsp3) is 0.240. The molecule has 1 N–H and O–H groups in total. The standard InChI is InChI=1S/C25H26N4O5S/c1-5-34-18-8-6-16(7-9-18)19-14-20-25(26-10-11-29(20)28-19)35-15-23(30)27-17-12-21(31-2)24(33-4)22(13-17)32-3/h6-14H,5,15H2,1-4H3,(H,27,30). The predicted molar refractivity (Wildman–Crippen MR) is 135 cm³/mol. The molecule has 182 valence electrons. The highest BCUT2D eigenvalue weighted by Gasteiger charge is 2.16. The Morgan fingerprint density at radius 2 is 1.74 bits per heavy atom. The first kappa shape index (κ1) is 24.2. The van der Waals surface area contributed by atoms with Crippen LogP contribution in [0.5, 0.6) is 23.0 Å². The number of carbonyl (C=O) groups is 1. The van der Waals surface area contributed by atoms with E-state index in [-0.39, 0.29) is 11.7 Å². The Kier molecular flexibility index (Phi) is 7.61. The molecule has 0 aliphatic carbocycles. The molecule has 0 atom stereocenters. The summed E-state index contributed by atoms with van der Waals surface area (Å²) in [5.41, 5.74) is 3.14. The molecule has 2 heterocycles. The third-order valence-corrected chi connectivity index (χ3v) is 6.10. The third-order valence-electron chi connectivity index (χ3n) is 5.10. The molecular formula is C25H26N4O5S. The normalized spacial score (nSPS) is 10.7. The zero-order valence-corrected chi connectivity index (χ0v) is 20.7. The maximum absolute atomic E-state index is 12.7. The van der Waals surface area contributed by atoms with Gasteiger partial charge < -0.3 is 24.3 Å². The number of nitrogens with zero attached hydrogens (tertiary/aromatic N) is 3. The first-order valence-electron chi connectivity index (χ1n) is 10.9. The van der Waals surface area contributed by atoms with Crippen molar-refractivity contribution < 1.29 is 23.7 Å². The number of hydrogen-bond donors (Lipinski definition) is 1. The minimum Gasteiger partial charge on any atom is -0.494 e. The van der Waals surface area contributed by atoms with Crippen LogP contribution in [0.25, 0.3) is 16.8 Å². The fourth-order valence-corrected chi connectivity index (χ4v) is 4.30. The molecule has 0 saturated heterocycles. The van der Waals surface area contributed by atoms with E-state index in [9.17, 15) is 4.79 Å². The molecule has 0 bridgehead atoms. The highest BCUT2D eigenvalue weighted by molar-refractivity contribution is 8.00. The van der Waals surface area contributed by atoms with Crippen LogP contribution in [0.4, 0.5) is 5.69 Å². The van der Waals surface area contributed by atoms with E-state index >= 15 is 0 Å². The van der Waals surface area contributed by atoms with Crippen LogP contribution in [-0.4, -0.2) is 54.2 Å². The lowest BCUT2D eigenvalue weighted by Gasteiger charge is -2.14. The summed E-state index contributed by atoms with van der Waals surface area (Å²) in [5, 5.41) is 8.23. The molecule has 35 heavy (non-hydrogen) atoms. The number of amides is 1. The Labute approximate surface area is 207 Å². The zero-order chi connectivity index (χ0) is 24.8. The molecule has 0 aliphatic rings. The largest absolute Gasteiger partial charge is 0.494 e. The van der Waals surface area contributed by atoms with E-state index in [0.717, 1.165) is 22.5 Å². The average molecular weight is 495 g/mol. The second-order valence-electron chi connectivity index (χ2n) is 7.30. The van der Waals surface area contributed by atoms with Crippen LogP contribution in [0.1, 0.15) is 6.92 Å². The topological polar surface area (TPSA) is 96.2 Å². The Morgan fingerprint density at radius 3 is 2.37 bits per heavy atom. The lowest BCUT2D eigenvalue weighted by molar-refractivity contribution is -0.113. The molecule has 1 amide bonds. The van der Waals surface area contributed by atoms with Gasteiger partial charge in [0.25, 0.3) is 0 Å². The number of hydrogen-bond acceptors (Lipinski definition) is 8. The minimum absolute atomic E-state index is 0.160. The van der Waals surface area contributed by atoms with Crippen LogP contribution < -0.4 is 24.3 Å². The van der Waals surface area contributed by atoms with Gasteiger partial charge >= 0.3 is 0 Å². The smallest absolute Gasteiger partial charge is 0.234 e. The van der Waals surface area contributed by atoms with Crippen molar-refractivity contribution in [1.82, 2.24) is 14.6 Å². The summed E-state index contributed by atoms with van der Waals surface area (Å²) in [6, 6.07) is 13.1. The summed E-state index contributed by atoms with van der Waals surface area (Å²) in [5.74, 6) is 2.16. The van der Waals surface area contributed by atoms with Gasteiger partial charge in [0.05, 0.1) is 44.9 Å². The van der Waals surface area contributed by atoms with E-state index in [1.54, 1.807) is 29.0 Å². The van der Waals surface area contributed by atoms with Crippen molar-refractivity contribution in [3.63, 3.8) is 0 Å². The Morgan fingerprint density at radius 1 is 1.03 bits per heavy atom. The predicted octanol–water partition coefficient (Wildman–Crippen LogP) is 4.55. The minimum atomic E-state index is -0.195. The highest BCUT2D eigenvalue weighted by Crippen LogP contribution is 2.40. The summed E-state index contributed by atoms with van der Waals surface area (Å²) >= 11 is 1.33. The summed E-state index contributed by atoms with van der Waals surface area (Å²) in [6.07, 6.45) is 3.45. The van der Waals surface area contributed by atoms with Crippen molar-refractivity contribution in [3.05, 3.63) is 54.9 Å². The van der Waals surface area contributed by atoms with Gasteiger partial charge in [-0.2, -0.15) is 5.10 Å². The number of nitrogens with one attached hydrogen (secondary N) is 1. The number of thioether (sulfide) groups is 1. The van der Waals surface area contributed by atoms with E-state index in [2.05, 4.69) is 15.4 Å². The second-order valence-corrected chi connectivity index (χ2v) is 8.26. The highest BCUT2D eigenvalue weighted by atomic mass is 32.2. The summed E-state index contributed by atoms with van der Waals surface area (Å²) in [4.78, 5) is 17.1. The van der Waals surface area contributed by atoms with E-state index < -0.39 is 0 Å². The zero-order valence-electron chi connectivity index (χ0n) is 19.9. The van der Waals surface area contributed by atoms with E-state index in [4.69, 9.17) is 18.9 Å². The first-order chi connectivity index (χ1) is 17.1. The van der Waals surface area contributed by atoms with Gasteiger partial charge in [0.15, 0.2) is 11.5 Å². The molecule has 10 heteroatoms. The molecule has 0 spiro atoms. The number of aromatic nitrogens is 3.